The highest BCUT2D eigenvalue weighted by atomic mass is 16.5. The summed E-state index contributed by atoms with van der Waals surface area (Å²) in [5.41, 5.74) is -0.903. The lowest BCUT2D eigenvalue weighted by Crippen LogP contribution is -2.56. The summed E-state index contributed by atoms with van der Waals surface area (Å²) >= 11 is 0. The standard InChI is InChI=1S/C37H65N7O12/c1-5-30(47)9-12-33(50)40-18-21-43-36(53)15-24-56-27-37(44-6-2,25-54-22-13-34(51)41-19-16-38-31(48)10-7-28(3)45)26-55-23-14-35(52)42-20-17-39-32(49)11-8-29(4)46/h5,31,38,44,48H,1,6-27H2,2-4H3,(H,39,49)(H,40,50)(H,41,51)(H,42,52)(H,43,53). The van der Waals surface area contributed by atoms with E-state index in [4.69, 9.17) is 14.2 Å². The van der Waals surface area contributed by atoms with Crippen LogP contribution in [0.3, 0.4) is 0 Å². The van der Waals surface area contributed by atoms with Crippen molar-refractivity contribution in [2.24, 2.45) is 0 Å². The molecule has 0 radical (unpaired) electrons. The van der Waals surface area contributed by atoms with Crippen LogP contribution in [-0.4, -0.2) is 149 Å². The molecule has 0 saturated heterocycles. The molecule has 0 aromatic heterocycles. The van der Waals surface area contributed by atoms with Crippen molar-refractivity contribution in [2.75, 3.05) is 85.5 Å². The van der Waals surface area contributed by atoms with Crippen LogP contribution in [0.5, 0.6) is 0 Å². The van der Waals surface area contributed by atoms with E-state index in [1.807, 2.05) is 6.92 Å². The third-order valence-electron chi connectivity index (χ3n) is 7.77. The summed E-state index contributed by atoms with van der Waals surface area (Å²) in [6.07, 6.45) is 1.34. The number of carbonyl (C=O) groups excluding carboxylic acids is 8. The van der Waals surface area contributed by atoms with E-state index in [0.29, 0.717) is 13.1 Å². The number of ether oxygens (including phenoxy) is 3. The lowest BCUT2D eigenvalue weighted by molar-refractivity contribution is -0.125. The Labute approximate surface area is 329 Å². The highest BCUT2D eigenvalue weighted by molar-refractivity contribution is 5.92. The summed E-state index contributed by atoms with van der Waals surface area (Å²) in [6.45, 7) is 10.4. The molecule has 2 atom stereocenters. The third-order valence-corrected chi connectivity index (χ3v) is 7.77. The quantitative estimate of drug-likeness (QED) is 0.0198. The second-order valence-electron chi connectivity index (χ2n) is 13.1. The number of aliphatic hydroxyl groups excluding tert-OH is 1. The molecule has 0 heterocycles. The Kier molecular flexibility index (Phi) is 30.6. The molecule has 0 fully saturated rings. The van der Waals surface area contributed by atoms with Gasteiger partial charge in [0.1, 0.15) is 17.8 Å². The Morgan fingerprint density at radius 2 is 0.946 bits per heavy atom. The third kappa shape index (κ3) is 31.1. The van der Waals surface area contributed by atoms with Crippen molar-refractivity contribution < 1.29 is 57.7 Å². The molecule has 0 spiro atoms. The van der Waals surface area contributed by atoms with Gasteiger partial charge in [0.15, 0.2) is 5.78 Å². The van der Waals surface area contributed by atoms with E-state index in [1.54, 1.807) is 0 Å². The number of rotatable bonds is 37. The van der Waals surface area contributed by atoms with Gasteiger partial charge in [0, 0.05) is 90.6 Å². The van der Waals surface area contributed by atoms with Gasteiger partial charge in [0.25, 0.3) is 0 Å². The first-order valence-electron chi connectivity index (χ1n) is 19.1. The van der Waals surface area contributed by atoms with Crippen LogP contribution in [0.1, 0.15) is 78.6 Å². The van der Waals surface area contributed by atoms with Crippen molar-refractivity contribution in [3.8, 4) is 0 Å². The van der Waals surface area contributed by atoms with Gasteiger partial charge in [0.05, 0.1) is 45.2 Å². The Morgan fingerprint density at radius 3 is 1.32 bits per heavy atom. The Hall–Kier alpha value is -4.14. The summed E-state index contributed by atoms with van der Waals surface area (Å²) < 4.78 is 17.6. The van der Waals surface area contributed by atoms with Crippen molar-refractivity contribution in [1.29, 1.82) is 0 Å². The topological polar surface area (TPSA) is 269 Å². The van der Waals surface area contributed by atoms with Gasteiger partial charge in [-0.15, -0.1) is 0 Å². The minimum absolute atomic E-state index is 0.0200. The first kappa shape index (κ1) is 51.9. The zero-order valence-electron chi connectivity index (χ0n) is 33.4. The number of Topliss-reactive ketones (excluding diaryl/α,β-unsaturated/α-hetero) is 2. The van der Waals surface area contributed by atoms with Gasteiger partial charge in [-0.25, -0.2) is 0 Å². The van der Waals surface area contributed by atoms with Crippen LogP contribution in [0.15, 0.2) is 12.7 Å². The summed E-state index contributed by atoms with van der Waals surface area (Å²) in [4.78, 5) is 93.9. The van der Waals surface area contributed by atoms with E-state index in [1.165, 1.54) is 13.8 Å². The molecule has 8 N–H and O–H groups in total. The number of carbonyl (C=O) groups is 8. The van der Waals surface area contributed by atoms with E-state index in [0.717, 1.165) is 6.08 Å². The summed E-state index contributed by atoms with van der Waals surface area (Å²) in [6, 6.07) is 0. The molecule has 0 bridgehead atoms. The molecular weight excluding hydrogens is 734 g/mol. The number of hydrogen-bond acceptors (Lipinski definition) is 14. The number of ketones is 3. The average Bonchev–Trinajstić information content (AvgIpc) is 3.16. The van der Waals surface area contributed by atoms with E-state index < -0.39 is 11.8 Å². The van der Waals surface area contributed by atoms with Crippen molar-refractivity contribution in [3.63, 3.8) is 0 Å². The number of hydrogen-bond donors (Lipinski definition) is 8. The van der Waals surface area contributed by atoms with Gasteiger partial charge >= 0.3 is 0 Å². The molecule has 19 nitrogen and oxygen atoms in total. The number of likely N-dealkylation sites (N-methyl/N-ethyl adjacent to an activating group) is 1. The van der Waals surface area contributed by atoms with Gasteiger partial charge in [-0.05, 0) is 32.9 Å². The fourth-order valence-electron chi connectivity index (χ4n) is 4.71. The fraction of sp³-hybridized carbons (Fsp3) is 0.730. The van der Waals surface area contributed by atoms with Crippen molar-refractivity contribution in [2.45, 2.75) is 90.3 Å². The summed E-state index contributed by atoms with van der Waals surface area (Å²) in [7, 11) is 0. The second kappa shape index (κ2) is 33.0. The lowest BCUT2D eigenvalue weighted by atomic mass is 10.0. The zero-order chi connectivity index (χ0) is 42.0. The maximum Gasteiger partial charge on any atom is 0.222 e. The van der Waals surface area contributed by atoms with Crippen LogP contribution in [0.2, 0.25) is 0 Å². The maximum absolute atomic E-state index is 12.3. The maximum atomic E-state index is 12.3. The molecule has 2 unspecified atom stereocenters. The SMILES string of the molecule is C=CC(=O)CCC(=O)NCCNC(=O)CCOCC(COCCC(=O)NCCNC(=O)CCC(C)=O)(COCCC(=O)NCCNC(O)CCC(C)=O)NCC. The van der Waals surface area contributed by atoms with E-state index in [-0.39, 0.29) is 177 Å². The van der Waals surface area contributed by atoms with Gasteiger partial charge in [-0.1, -0.05) is 13.5 Å². The molecule has 19 heteroatoms. The van der Waals surface area contributed by atoms with E-state index in [9.17, 15) is 43.5 Å². The lowest BCUT2D eigenvalue weighted by Gasteiger charge is -2.34. The molecule has 320 valence electrons. The first-order chi connectivity index (χ1) is 26.7. The number of aliphatic hydroxyl groups is 1. The van der Waals surface area contributed by atoms with Crippen LogP contribution in [0.4, 0.5) is 0 Å². The van der Waals surface area contributed by atoms with Gasteiger partial charge in [0.2, 0.25) is 29.5 Å². The Balaban J connectivity index is 4.90. The highest BCUT2D eigenvalue weighted by Crippen LogP contribution is 2.10. The molecule has 56 heavy (non-hydrogen) atoms. The van der Waals surface area contributed by atoms with E-state index >= 15 is 0 Å². The first-order valence-corrected chi connectivity index (χ1v) is 19.1. The highest BCUT2D eigenvalue weighted by Gasteiger charge is 2.31. The smallest absolute Gasteiger partial charge is 0.222 e. The minimum Gasteiger partial charge on any atom is -0.379 e. The molecule has 0 rings (SSSR count). The van der Waals surface area contributed by atoms with Crippen molar-refractivity contribution >= 4 is 46.9 Å². The normalized spacial score (nSPS) is 12.4. The van der Waals surface area contributed by atoms with Crippen LogP contribution in [-0.2, 0) is 52.6 Å². The average molecular weight is 800 g/mol. The van der Waals surface area contributed by atoms with Crippen LogP contribution < -0.4 is 37.2 Å². The number of amides is 5. The second-order valence-corrected chi connectivity index (χ2v) is 13.1. The number of allylic oxidation sites excluding steroid dienone is 1. The van der Waals surface area contributed by atoms with Crippen LogP contribution in [0.25, 0.3) is 0 Å². The molecule has 0 aliphatic carbocycles. The zero-order valence-corrected chi connectivity index (χ0v) is 33.4. The molecule has 0 aromatic rings. The molecule has 0 saturated carbocycles. The number of nitrogens with one attached hydrogen (secondary N) is 7. The van der Waals surface area contributed by atoms with Gasteiger partial charge in [-0.2, -0.15) is 0 Å². The molecular formula is C37H65N7O12. The molecule has 0 aromatic carbocycles. The Bertz CT molecular complexity index is 1240. The van der Waals surface area contributed by atoms with E-state index in [2.05, 4.69) is 43.8 Å². The molecule has 0 aliphatic rings. The van der Waals surface area contributed by atoms with Crippen LogP contribution >= 0.6 is 0 Å². The monoisotopic (exact) mass is 799 g/mol. The predicted molar refractivity (Wildman–Crippen MR) is 206 cm³/mol. The van der Waals surface area contributed by atoms with Crippen molar-refractivity contribution in [3.05, 3.63) is 12.7 Å². The largest absolute Gasteiger partial charge is 0.379 e. The van der Waals surface area contributed by atoms with Crippen LogP contribution in [0, 0.1) is 0 Å². The fourth-order valence-corrected chi connectivity index (χ4v) is 4.71. The van der Waals surface area contributed by atoms with Gasteiger partial charge < -0.3 is 60.8 Å². The Morgan fingerprint density at radius 1 is 0.571 bits per heavy atom. The summed E-state index contributed by atoms with van der Waals surface area (Å²) in [5.74, 6) is -1.75. The minimum atomic E-state index is -0.903. The summed E-state index contributed by atoms with van der Waals surface area (Å²) in [5, 5.41) is 29.4. The molecule has 5 amide bonds. The van der Waals surface area contributed by atoms with Crippen molar-refractivity contribution in [1.82, 2.24) is 37.2 Å². The molecule has 0 aliphatic heterocycles. The van der Waals surface area contributed by atoms with Gasteiger partial charge in [-0.3, -0.25) is 34.1 Å². The predicted octanol–water partition coefficient (Wildman–Crippen LogP) is -1.68.